The first-order valence-corrected chi connectivity index (χ1v) is 7.54. The van der Waals surface area contributed by atoms with Gasteiger partial charge in [0.1, 0.15) is 17.9 Å². The van der Waals surface area contributed by atoms with Crippen molar-refractivity contribution in [2.24, 2.45) is 0 Å². The van der Waals surface area contributed by atoms with Crippen molar-refractivity contribution in [2.75, 3.05) is 18.5 Å². The first-order valence-electron chi connectivity index (χ1n) is 7.54. The fraction of sp³-hybridized carbons (Fsp3) is 0.643. The van der Waals surface area contributed by atoms with Crippen LogP contribution in [0.4, 0.5) is 5.82 Å². The van der Waals surface area contributed by atoms with E-state index in [0.717, 1.165) is 24.2 Å². The van der Waals surface area contributed by atoms with E-state index >= 15 is 0 Å². The molecule has 3 heterocycles. The Kier molecular flexibility index (Phi) is 3.23. The molecule has 1 spiro atoms. The Morgan fingerprint density at radius 1 is 1.24 bits per heavy atom. The van der Waals surface area contributed by atoms with E-state index < -0.39 is 0 Å². The van der Waals surface area contributed by atoms with E-state index in [1.54, 1.807) is 6.33 Å². The number of ether oxygens (including phenoxy) is 2. The summed E-state index contributed by atoms with van der Waals surface area (Å²) in [5, 5.41) is 3.31. The first-order chi connectivity index (χ1) is 10.3. The van der Waals surface area contributed by atoms with E-state index in [4.69, 9.17) is 9.47 Å². The Morgan fingerprint density at radius 2 is 2.14 bits per heavy atom. The third kappa shape index (κ3) is 2.47. The molecule has 1 atom stereocenters. The van der Waals surface area contributed by atoms with Crippen molar-refractivity contribution in [3.8, 4) is 0 Å². The second-order valence-corrected chi connectivity index (χ2v) is 5.73. The zero-order valence-corrected chi connectivity index (χ0v) is 11.8. The quantitative estimate of drug-likeness (QED) is 0.897. The van der Waals surface area contributed by atoms with Crippen LogP contribution in [0, 0.1) is 0 Å². The van der Waals surface area contributed by atoms with E-state index in [1.165, 1.54) is 25.6 Å². The SMILES string of the molecule is c1nc(NC[C@@H]2COC3(CCCCC3)O2)c2[nH]cnc2n1. The summed E-state index contributed by atoms with van der Waals surface area (Å²) in [5.41, 5.74) is 1.49. The summed E-state index contributed by atoms with van der Waals surface area (Å²) < 4.78 is 12.1. The standard InChI is InChI=1S/C14H19N5O2/c1-2-4-14(5-3-1)20-7-10(21-14)6-15-12-11-13(17-8-16-11)19-9-18-12/h8-10H,1-7H2,(H2,15,16,17,18,19)/t10-/m1/s1. The van der Waals surface area contributed by atoms with Crippen molar-refractivity contribution >= 4 is 17.0 Å². The Labute approximate surface area is 122 Å². The van der Waals surface area contributed by atoms with Gasteiger partial charge < -0.3 is 19.8 Å². The summed E-state index contributed by atoms with van der Waals surface area (Å²) in [4.78, 5) is 15.5. The number of fused-ring (bicyclic) bond motifs is 1. The van der Waals surface area contributed by atoms with Crippen molar-refractivity contribution in [3.05, 3.63) is 12.7 Å². The summed E-state index contributed by atoms with van der Waals surface area (Å²) in [6.45, 7) is 1.32. The number of hydrogen-bond acceptors (Lipinski definition) is 6. The minimum atomic E-state index is -0.320. The highest BCUT2D eigenvalue weighted by Gasteiger charge is 2.42. The molecule has 0 aromatic carbocycles. The molecule has 1 saturated carbocycles. The molecule has 0 bridgehead atoms. The normalized spacial score (nSPS) is 24.7. The minimum absolute atomic E-state index is 0.0658. The maximum atomic E-state index is 6.15. The van der Waals surface area contributed by atoms with Gasteiger partial charge in [-0.2, -0.15) is 0 Å². The maximum Gasteiger partial charge on any atom is 0.182 e. The number of nitrogens with one attached hydrogen (secondary N) is 2. The van der Waals surface area contributed by atoms with Crippen molar-refractivity contribution in [3.63, 3.8) is 0 Å². The van der Waals surface area contributed by atoms with Crippen LogP contribution in [0.5, 0.6) is 0 Å². The van der Waals surface area contributed by atoms with Crippen molar-refractivity contribution in [1.82, 2.24) is 19.9 Å². The maximum absolute atomic E-state index is 6.15. The molecule has 2 fully saturated rings. The number of rotatable bonds is 3. The Bertz CT molecular complexity index is 623. The van der Waals surface area contributed by atoms with Crippen LogP contribution in [0.2, 0.25) is 0 Å². The lowest BCUT2D eigenvalue weighted by molar-refractivity contribution is -0.185. The molecule has 0 radical (unpaired) electrons. The fourth-order valence-electron chi connectivity index (χ4n) is 3.18. The highest BCUT2D eigenvalue weighted by molar-refractivity contribution is 5.81. The van der Waals surface area contributed by atoms with Crippen LogP contribution >= 0.6 is 0 Å². The lowest BCUT2D eigenvalue weighted by Crippen LogP contribution is -2.34. The minimum Gasteiger partial charge on any atom is -0.365 e. The van der Waals surface area contributed by atoms with E-state index in [0.29, 0.717) is 18.8 Å². The van der Waals surface area contributed by atoms with Gasteiger partial charge in [0.05, 0.1) is 12.9 Å². The molecule has 0 unspecified atom stereocenters. The van der Waals surface area contributed by atoms with Crippen LogP contribution < -0.4 is 5.32 Å². The van der Waals surface area contributed by atoms with Crippen LogP contribution in [0.15, 0.2) is 12.7 Å². The number of anilines is 1. The van der Waals surface area contributed by atoms with Gasteiger partial charge in [-0.3, -0.25) is 0 Å². The molecular weight excluding hydrogens is 270 g/mol. The third-order valence-electron chi connectivity index (χ3n) is 4.25. The molecule has 1 aliphatic carbocycles. The molecule has 1 saturated heterocycles. The number of imidazole rings is 1. The van der Waals surface area contributed by atoms with Gasteiger partial charge >= 0.3 is 0 Å². The number of nitrogens with zero attached hydrogens (tertiary/aromatic N) is 3. The van der Waals surface area contributed by atoms with Crippen LogP contribution in [0.3, 0.4) is 0 Å². The highest BCUT2D eigenvalue weighted by atomic mass is 16.7. The first kappa shape index (κ1) is 13.0. The van der Waals surface area contributed by atoms with E-state index in [-0.39, 0.29) is 11.9 Å². The second kappa shape index (κ2) is 5.23. The summed E-state index contributed by atoms with van der Waals surface area (Å²) in [6, 6.07) is 0. The van der Waals surface area contributed by atoms with E-state index in [9.17, 15) is 0 Å². The molecule has 7 nitrogen and oxygen atoms in total. The van der Waals surface area contributed by atoms with Gasteiger partial charge in [-0.15, -0.1) is 0 Å². The molecule has 1 aliphatic heterocycles. The second-order valence-electron chi connectivity index (χ2n) is 5.73. The predicted molar refractivity (Wildman–Crippen MR) is 76.8 cm³/mol. The molecule has 0 amide bonds. The van der Waals surface area contributed by atoms with Gasteiger partial charge in [-0.1, -0.05) is 6.42 Å². The third-order valence-corrected chi connectivity index (χ3v) is 4.25. The monoisotopic (exact) mass is 289 g/mol. The smallest absolute Gasteiger partial charge is 0.182 e. The average molecular weight is 289 g/mol. The van der Waals surface area contributed by atoms with Crippen LogP contribution in [0.1, 0.15) is 32.1 Å². The highest BCUT2D eigenvalue weighted by Crippen LogP contribution is 2.37. The summed E-state index contributed by atoms with van der Waals surface area (Å²) in [6.07, 6.45) is 8.91. The van der Waals surface area contributed by atoms with Gasteiger partial charge in [0.15, 0.2) is 17.3 Å². The number of aromatic nitrogens is 4. The van der Waals surface area contributed by atoms with Crippen LogP contribution in [-0.4, -0.2) is 45.0 Å². The zero-order chi connectivity index (χ0) is 14.1. The summed E-state index contributed by atoms with van der Waals surface area (Å²) >= 11 is 0. The molecule has 2 N–H and O–H groups in total. The van der Waals surface area contributed by atoms with Crippen molar-refractivity contribution < 1.29 is 9.47 Å². The number of aromatic amines is 1. The Hall–Kier alpha value is -1.73. The molecule has 2 aromatic rings. The Morgan fingerprint density at radius 3 is 3.05 bits per heavy atom. The van der Waals surface area contributed by atoms with Crippen molar-refractivity contribution in [2.45, 2.75) is 44.0 Å². The van der Waals surface area contributed by atoms with Gasteiger partial charge in [0, 0.05) is 19.4 Å². The van der Waals surface area contributed by atoms with Crippen molar-refractivity contribution in [1.29, 1.82) is 0 Å². The molecule has 4 rings (SSSR count). The lowest BCUT2D eigenvalue weighted by atomic mass is 9.94. The molecular formula is C14H19N5O2. The van der Waals surface area contributed by atoms with E-state index in [2.05, 4.69) is 25.3 Å². The summed E-state index contributed by atoms with van der Waals surface area (Å²) in [7, 11) is 0. The van der Waals surface area contributed by atoms with E-state index in [1.807, 2.05) is 0 Å². The molecule has 7 heteroatoms. The van der Waals surface area contributed by atoms with Gasteiger partial charge in [0.25, 0.3) is 0 Å². The Balaban J connectivity index is 1.40. The molecule has 2 aliphatic rings. The van der Waals surface area contributed by atoms with Gasteiger partial charge in [-0.05, 0) is 12.8 Å². The molecule has 2 aromatic heterocycles. The molecule has 21 heavy (non-hydrogen) atoms. The van der Waals surface area contributed by atoms with Crippen LogP contribution in [0.25, 0.3) is 11.2 Å². The average Bonchev–Trinajstić information content (AvgIpc) is 3.13. The molecule has 112 valence electrons. The van der Waals surface area contributed by atoms with Crippen LogP contribution in [-0.2, 0) is 9.47 Å². The topological polar surface area (TPSA) is 85.0 Å². The largest absolute Gasteiger partial charge is 0.365 e. The number of H-pyrrole nitrogens is 1. The lowest BCUT2D eigenvalue weighted by Gasteiger charge is -2.31. The summed E-state index contributed by atoms with van der Waals surface area (Å²) in [5.74, 6) is 0.435. The fourth-order valence-corrected chi connectivity index (χ4v) is 3.18. The predicted octanol–water partition coefficient (Wildman–Crippen LogP) is 1.84. The zero-order valence-electron chi connectivity index (χ0n) is 11.8. The van der Waals surface area contributed by atoms with Gasteiger partial charge in [0.2, 0.25) is 0 Å². The number of hydrogen-bond donors (Lipinski definition) is 2. The van der Waals surface area contributed by atoms with Gasteiger partial charge in [-0.25, -0.2) is 15.0 Å².